The van der Waals surface area contributed by atoms with Crippen LogP contribution in [0.4, 0.5) is 5.13 Å². The molecule has 0 unspecified atom stereocenters. The third-order valence-electron chi connectivity index (χ3n) is 2.84. The van der Waals surface area contributed by atoms with E-state index >= 15 is 0 Å². The van der Waals surface area contributed by atoms with Crippen molar-refractivity contribution in [1.29, 1.82) is 0 Å². The summed E-state index contributed by atoms with van der Waals surface area (Å²) in [4.78, 5) is 26.9. The molecule has 1 aliphatic rings. The number of aliphatic carboxylic acids is 1. The van der Waals surface area contributed by atoms with Crippen LogP contribution >= 0.6 is 11.3 Å². The Bertz CT molecular complexity index is 463. The van der Waals surface area contributed by atoms with Crippen LogP contribution in [0.2, 0.25) is 0 Å². The Labute approximate surface area is 103 Å². The predicted molar refractivity (Wildman–Crippen MR) is 64.1 cm³/mol. The average molecular weight is 254 g/mol. The fraction of sp³-hybridized carbons (Fsp3) is 0.545. The van der Waals surface area contributed by atoms with E-state index in [9.17, 15) is 9.59 Å². The number of carbonyl (C=O) groups excluding carboxylic acids is 1. The molecular formula is C11H14N2O3S. The second-order valence-electron chi connectivity index (χ2n) is 4.74. The van der Waals surface area contributed by atoms with Crippen LogP contribution < -0.4 is 5.32 Å². The summed E-state index contributed by atoms with van der Waals surface area (Å²) in [5, 5.41) is 13.9. The van der Waals surface area contributed by atoms with E-state index in [1.165, 1.54) is 25.2 Å². The Balaban J connectivity index is 2.04. The van der Waals surface area contributed by atoms with Gasteiger partial charge in [0.15, 0.2) is 5.13 Å². The molecule has 0 spiro atoms. The maximum atomic E-state index is 11.7. The fourth-order valence-corrected chi connectivity index (χ4v) is 2.05. The number of thiazole rings is 1. The maximum absolute atomic E-state index is 11.7. The molecule has 0 aliphatic heterocycles. The first-order valence-electron chi connectivity index (χ1n) is 5.41. The molecule has 2 rings (SSSR count). The third-order valence-corrected chi connectivity index (χ3v) is 3.62. The first kappa shape index (κ1) is 12.0. The number of aromatic nitrogens is 1. The number of hydrogen-bond donors (Lipinski definition) is 2. The van der Waals surface area contributed by atoms with Gasteiger partial charge in [-0.2, -0.15) is 0 Å². The second kappa shape index (κ2) is 4.10. The van der Waals surface area contributed by atoms with E-state index < -0.39 is 17.3 Å². The number of carboxylic acids is 1. The third kappa shape index (κ3) is 2.46. The average Bonchev–Trinajstić information content (AvgIpc) is 3.00. The molecule has 17 heavy (non-hydrogen) atoms. The van der Waals surface area contributed by atoms with Crippen molar-refractivity contribution >= 4 is 28.3 Å². The zero-order valence-corrected chi connectivity index (χ0v) is 10.5. The number of carboxylic acid groups (broad SMARTS) is 1. The van der Waals surface area contributed by atoms with Crippen molar-refractivity contribution in [3.8, 4) is 0 Å². The van der Waals surface area contributed by atoms with Crippen molar-refractivity contribution in [2.75, 3.05) is 5.32 Å². The molecule has 92 valence electrons. The highest BCUT2D eigenvalue weighted by molar-refractivity contribution is 7.14. The van der Waals surface area contributed by atoms with Crippen molar-refractivity contribution in [3.05, 3.63) is 11.1 Å². The summed E-state index contributed by atoms with van der Waals surface area (Å²) in [6.45, 7) is 2.75. The minimum absolute atomic E-state index is 0.478. The Morgan fingerprint density at radius 3 is 2.71 bits per heavy atom. The first-order chi connectivity index (χ1) is 7.91. The molecular weight excluding hydrogens is 240 g/mol. The molecule has 5 nitrogen and oxygen atoms in total. The molecule has 1 aromatic rings. The van der Waals surface area contributed by atoms with Gasteiger partial charge in [-0.25, -0.2) is 4.98 Å². The maximum Gasteiger partial charge on any atom is 0.318 e. The number of hydrogen-bond acceptors (Lipinski definition) is 4. The Morgan fingerprint density at radius 2 is 2.18 bits per heavy atom. The molecule has 1 amide bonds. The van der Waals surface area contributed by atoms with Gasteiger partial charge in [-0.05, 0) is 26.7 Å². The van der Waals surface area contributed by atoms with E-state index in [-0.39, 0.29) is 0 Å². The van der Waals surface area contributed by atoms with Crippen LogP contribution in [-0.2, 0) is 9.59 Å². The van der Waals surface area contributed by atoms with Crippen molar-refractivity contribution < 1.29 is 14.7 Å². The molecule has 1 aliphatic carbocycles. The zero-order valence-electron chi connectivity index (χ0n) is 9.69. The summed E-state index contributed by atoms with van der Waals surface area (Å²) in [5.74, 6) is -1.15. The number of anilines is 1. The number of rotatable bonds is 4. The quantitative estimate of drug-likeness (QED) is 0.806. The standard InChI is InChI=1S/C11H14N2O3S/c1-11(2,9(15)16)8(14)13-10-12-7(5-17-10)6-3-4-6/h5-6H,3-4H2,1-2H3,(H,15,16)(H,12,13,14). The van der Waals surface area contributed by atoms with Crippen molar-refractivity contribution in [3.63, 3.8) is 0 Å². The summed E-state index contributed by atoms with van der Waals surface area (Å²) < 4.78 is 0. The van der Waals surface area contributed by atoms with Crippen molar-refractivity contribution in [2.45, 2.75) is 32.6 Å². The molecule has 0 aromatic carbocycles. The Morgan fingerprint density at radius 1 is 1.53 bits per heavy atom. The van der Waals surface area contributed by atoms with Crippen molar-refractivity contribution in [2.24, 2.45) is 5.41 Å². The lowest BCUT2D eigenvalue weighted by molar-refractivity contribution is -0.151. The van der Waals surface area contributed by atoms with Crippen LogP contribution in [0.15, 0.2) is 5.38 Å². The molecule has 0 radical (unpaired) electrons. The Kier molecular flexibility index (Phi) is 2.91. The van der Waals surface area contributed by atoms with Crippen LogP contribution in [0, 0.1) is 5.41 Å². The highest BCUT2D eigenvalue weighted by Crippen LogP contribution is 2.41. The molecule has 2 N–H and O–H groups in total. The van der Waals surface area contributed by atoms with Gasteiger partial charge in [-0.3, -0.25) is 9.59 Å². The summed E-state index contributed by atoms with van der Waals surface area (Å²) in [5.41, 5.74) is -0.441. The van der Waals surface area contributed by atoms with Crippen molar-refractivity contribution in [1.82, 2.24) is 4.98 Å². The molecule has 1 fully saturated rings. The van der Waals surface area contributed by atoms with E-state index in [1.54, 1.807) is 0 Å². The van der Waals surface area contributed by atoms with Crippen LogP contribution in [-0.4, -0.2) is 22.0 Å². The van der Waals surface area contributed by atoms with Crippen LogP contribution in [0.5, 0.6) is 0 Å². The van der Waals surface area contributed by atoms with Crippen LogP contribution in [0.25, 0.3) is 0 Å². The van der Waals surface area contributed by atoms with Gasteiger partial charge >= 0.3 is 5.97 Å². The number of carbonyl (C=O) groups is 2. The van der Waals surface area contributed by atoms with Gasteiger partial charge in [0.1, 0.15) is 5.41 Å². The van der Waals surface area contributed by atoms with E-state index in [4.69, 9.17) is 5.11 Å². The topological polar surface area (TPSA) is 79.3 Å². The lowest BCUT2D eigenvalue weighted by atomic mass is 9.93. The van der Waals surface area contributed by atoms with E-state index in [0.717, 1.165) is 18.5 Å². The van der Waals surface area contributed by atoms with Gasteiger partial charge in [0.05, 0.1) is 5.69 Å². The summed E-state index contributed by atoms with van der Waals surface area (Å²) in [6.07, 6.45) is 2.30. The van der Waals surface area contributed by atoms with Crippen LogP contribution in [0.1, 0.15) is 38.3 Å². The number of nitrogens with one attached hydrogen (secondary N) is 1. The molecule has 0 saturated heterocycles. The minimum Gasteiger partial charge on any atom is -0.480 e. The van der Waals surface area contributed by atoms with Gasteiger partial charge in [0, 0.05) is 11.3 Å². The van der Waals surface area contributed by atoms with Gasteiger partial charge in [-0.15, -0.1) is 11.3 Å². The lowest BCUT2D eigenvalue weighted by Gasteiger charge is -2.16. The molecule has 0 bridgehead atoms. The normalized spacial score (nSPS) is 15.6. The van der Waals surface area contributed by atoms with Gasteiger partial charge in [-0.1, -0.05) is 0 Å². The second-order valence-corrected chi connectivity index (χ2v) is 5.59. The largest absolute Gasteiger partial charge is 0.480 e. The van der Waals surface area contributed by atoms with Gasteiger partial charge in [0.2, 0.25) is 5.91 Å². The summed E-state index contributed by atoms with van der Waals surface area (Å²) >= 11 is 1.34. The number of nitrogens with zero attached hydrogens (tertiary/aromatic N) is 1. The minimum atomic E-state index is -1.44. The molecule has 6 heteroatoms. The van der Waals surface area contributed by atoms with Gasteiger partial charge in [0.25, 0.3) is 0 Å². The first-order valence-corrected chi connectivity index (χ1v) is 6.29. The summed E-state index contributed by atoms with van der Waals surface area (Å²) in [6, 6.07) is 0. The molecule has 1 saturated carbocycles. The van der Waals surface area contributed by atoms with E-state index in [2.05, 4.69) is 10.3 Å². The van der Waals surface area contributed by atoms with E-state index in [1.807, 2.05) is 5.38 Å². The SMILES string of the molecule is CC(C)(C(=O)O)C(=O)Nc1nc(C2CC2)cs1. The monoisotopic (exact) mass is 254 g/mol. The smallest absolute Gasteiger partial charge is 0.318 e. The highest BCUT2D eigenvalue weighted by atomic mass is 32.1. The number of amides is 1. The zero-order chi connectivity index (χ0) is 12.6. The fourth-order valence-electron chi connectivity index (χ4n) is 1.26. The lowest BCUT2D eigenvalue weighted by Crippen LogP contribution is -2.37. The Hall–Kier alpha value is -1.43. The summed E-state index contributed by atoms with van der Waals surface area (Å²) in [7, 11) is 0. The predicted octanol–water partition coefficient (Wildman–Crippen LogP) is 2.07. The van der Waals surface area contributed by atoms with E-state index in [0.29, 0.717) is 11.0 Å². The molecule has 0 atom stereocenters. The highest BCUT2D eigenvalue weighted by Gasteiger charge is 2.36. The molecule has 1 heterocycles. The van der Waals surface area contributed by atoms with Gasteiger partial charge < -0.3 is 10.4 Å². The molecule has 1 aromatic heterocycles. The van der Waals surface area contributed by atoms with Crippen LogP contribution in [0.3, 0.4) is 0 Å².